The van der Waals surface area contributed by atoms with Gasteiger partial charge in [-0.05, 0) is 30.2 Å². The van der Waals surface area contributed by atoms with Gasteiger partial charge in [-0.3, -0.25) is 9.89 Å². The number of nitrogens with zero attached hydrogens (tertiary/aromatic N) is 1. The first-order valence-corrected chi connectivity index (χ1v) is 8.24. The minimum Gasteiger partial charge on any atom is -0.493 e. The Hall–Kier alpha value is -3.28. The fraction of sp³-hybridized carbons (Fsp3) is 0.200. The monoisotopic (exact) mass is 351 g/mol. The zero-order valence-corrected chi connectivity index (χ0v) is 14.8. The van der Waals surface area contributed by atoms with Crippen LogP contribution in [0.15, 0.2) is 49.1 Å². The van der Waals surface area contributed by atoms with Crippen molar-refractivity contribution in [1.82, 2.24) is 15.5 Å². The van der Waals surface area contributed by atoms with Gasteiger partial charge in [-0.15, -0.1) is 6.58 Å². The van der Waals surface area contributed by atoms with Gasteiger partial charge in [0.25, 0.3) is 5.91 Å². The predicted molar refractivity (Wildman–Crippen MR) is 101 cm³/mol. The lowest BCUT2D eigenvalue weighted by Crippen LogP contribution is -2.23. The third-order valence-corrected chi connectivity index (χ3v) is 4.12. The van der Waals surface area contributed by atoms with E-state index in [9.17, 15) is 4.79 Å². The fourth-order valence-electron chi connectivity index (χ4n) is 2.92. The van der Waals surface area contributed by atoms with Crippen molar-refractivity contribution < 1.29 is 14.3 Å². The Kier molecular flexibility index (Phi) is 5.22. The van der Waals surface area contributed by atoms with Crippen molar-refractivity contribution in [2.24, 2.45) is 0 Å². The number of hydrogen-bond acceptors (Lipinski definition) is 4. The van der Waals surface area contributed by atoms with Crippen molar-refractivity contribution >= 4 is 16.8 Å². The molecule has 0 spiro atoms. The second kappa shape index (κ2) is 7.74. The van der Waals surface area contributed by atoms with Gasteiger partial charge < -0.3 is 14.8 Å². The van der Waals surface area contributed by atoms with Gasteiger partial charge in [0.2, 0.25) is 0 Å². The topological polar surface area (TPSA) is 76.2 Å². The summed E-state index contributed by atoms with van der Waals surface area (Å²) in [6.07, 6.45) is 2.45. The molecule has 0 unspecified atom stereocenters. The zero-order valence-electron chi connectivity index (χ0n) is 14.8. The van der Waals surface area contributed by atoms with Gasteiger partial charge in [0.15, 0.2) is 17.2 Å². The number of amides is 1. The van der Waals surface area contributed by atoms with Crippen molar-refractivity contribution in [3.8, 4) is 11.5 Å². The average Bonchev–Trinajstić information content (AvgIpc) is 3.10. The number of H-pyrrole nitrogens is 1. The summed E-state index contributed by atoms with van der Waals surface area (Å²) in [6.45, 7) is 4.13. The standard InChI is InChI=1S/C20H21N3O3/c1-4-7-14-10-13(11-17(25-2)19(14)26-3)12-21-20(24)18-15-8-5-6-9-16(15)22-23-18/h4-6,8-11H,1,7,12H2,2-3H3,(H,21,24)(H,22,23). The van der Waals surface area contributed by atoms with Crippen molar-refractivity contribution in [3.63, 3.8) is 0 Å². The Morgan fingerprint density at radius 1 is 1.27 bits per heavy atom. The Morgan fingerprint density at radius 2 is 2.08 bits per heavy atom. The van der Waals surface area contributed by atoms with Crippen molar-refractivity contribution in [2.45, 2.75) is 13.0 Å². The maximum absolute atomic E-state index is 12.5. The molecule has 0 atom stereocenters. The van der Waals surface area contributed by atoms with E-state index in [0.717, 1.165) is 22.0 Å². The third-order valence-electron chi connectivity index (χ3n) is 4.12. The van der Waals surface area contributed by atoms with Gasteiger partial charge in [-0.25, -0.2) is 0 Å². The highest BCUT2D eigenvalue weighted by molar-refractivity contribution is 6.04. The van der Waals surface area contributed by atoms with E-state index in [0.29, 0.717) is 30.2 Å². The van der Waals surface area contributed by atoms with Crippen molar-refractivity contribution in [3.05, 3.63) is 65.9 Å². The molecule has 0 aliphatic heterocycles. The Balaban J connectivity index is 1.81. The van der Waals surface area contributed by atoms with Gasteiger partial charge in [0.05, 0.1) is 19.7 Å². The SMILES string of the molecule is C=CCc1cc(CNC(=O)c2n[nH]c3ccccc23)cc(OC)c1OC. The molecule has 0 radical (unpaired) electrons. The minimum atomic E-state index is -0.234. The van der Waals surface area contributed by atoms with Crippen LogP contribution in [0.4, 0.5) is 0 Å². The molecule has 6 nitrogen and oxygen atoms in total. The Morgan fingerprint density at radius 3 is 2.81 bits per heavy atom. The highest BCUT2D eigenvalue weighted by Crippen LogP contribution is 2.33. The molecule has 0 saturated heterocycles. The highest BCUT2D eigenvalue weighted by atomic mass is 16.5. The number of hydrogen-bond donors (Lipinski definition) is 2. The summed E-state index contributed by atoms with van der Waals surface area (Å²) < 4.78 is 10.8. The van der Waals surface area contributed by atoms with Crippen molar-refractivity contribution in [1.29, 1.82) is 0 Å². The maximum atomic E-state index is 12.5. The summed E-state index contributed by atoms with van der Waals surface area (Å²) in [4.78, 5) is 12.5. The van der Waals surface area contributed by atoms with Crippen LogP contribution in [-0.2, 0) is 13.0 Å². The zero-order chi connectivity index (χ0) is 18.5. The average molecular weight is 351 g/mol. The van der Waals surface area contributed by atoms with Crippen LogP contribution in [0.25, 0.3) is 10.9 Å². The van der Waals surface area contributed by atoms with E-state index >= 15 is 0 Å². The van der Waals surface area contributed by atoms with E-state index in [-0.39, 0.29) is 5.91 Å². The van der Waals surface area contributed by atoms with Crippen LogP contribution in [0.1, 0.15) is 21.6 Å². The molecule has 26 heavy (non-hydrogen) atoms. The summed E-state index contributed by atoms with van der Waals surface area (Å²) in [6, 6.07) is 11.4. The molecular weight excluding hydrogens is 330 g/mol. The number of aromatic amines is 1. The first kappa shape index (κ1) is 17.5. The summed E-state index contributed by atoms with van der Waals surface area (Å²) >= 11 is 0. The summed E-state index contributed by atoms with van der Waals surface area (Å²) in [5.74, 6) is 1.07. The molecule has 1 aromatic heterocycles. The second-order valence-corrected chi connectivity index (χ2v) is 5.78. The van der Waals surface area contributed by atoms with Gasteiger partial charge in [-0.1, -0.05) is 24.3 Å². The summed E-state index contributed by atoms with van der Waals surface area (Å²) in [5.41, 5.74) is 3.08. The second-order valence-electron chi connectivity index (χ2n) is 5.78. The van der Waals surface area contributed by atoms with Crippen molar-refractivity contribution in [2.75, 3.05) is 14.2 Å². The summed E-state index contributed by atoms with van der Waals surface area (Å²) in [7, 11) is 3.20. The predicted octanol–water partition coefficient (Wildman–Crippen LogP) is 3.24. The molecule has 2 aromatic carbocycles. The van der Waals surface area contributed by atoms with Crippen LogP contribution in [0.5, 0.6) is 11.5 Å². The number of benzene rings is 2. The van der Waals surface area contributed by atoms with Crippen LogP contribution < -0.4 is 14.8 Å². The number of fused-ring (bicyclic) bond motifs is 1. The van der Waals surface area contributed by atoms with Crippen LogP contribution >= 0.6 is 0 Å². The number of methoxy groups -OCH3 is 2. The van der Waals surface area contributed by atoms with Gasteiger partial charge in [-0.2, -0.15) is 5.10 Å². The largest absolute Gasteiger partial charge is 0.493 e. The number of rotatable bonds is 7. The number of para-hydroxylation sites is 1. The molecule has 3 rings (SSSR count). The lowest BCUT2D eigenvalue weighted by atomic mass is 10.1. The van der Waals surface area contributed by atoms with E-state index in [1.54, 1.807) is 20.3 Å². The first-order chi connectivity index (χ1) is 12.7. The lowest BCUT2D eigenvalue weighted by Gasteiger charge is -2.14. The molecule has 0 fully saturated rings. The van der Waals surface area contributed by atoms with E-state index in [1.165, 1.54) is 0 Å². The van der Waals surface area contributed by atoms with Crippen LogP contribution in [0.3, 0.4) is 0 Å². The van der Waals surface area contributed by atoms with Gasteiger partial charge >= 0.3 is 0 Å². The Labute approximate surface area is 151 Å². The molecule has 134 valence electrons. The van der Waals surface area contributed by atoms with Crippen LogP contribution in [0, 0.1) is 0 Å². The number of carbonyl (C=O) groups excluding carboxylic acids is 1. The van der Waals surface area contributed by atoms with Crippen LogP contribution in [0.2, 0.25) is 0 Å². The molecule has 1 heterocycles. The lowest BCUT2D eigenvalue weighted by molar-refractivity contribution is 0.0947. The Bertz CT molecular complexity index is 947. The quantitative estimate of drug-likeness (QED) is 0.641. The van der Waals surface area contributed by atoms with E-state index in [4.69, 9.17) is 9.47 Å². The molecule has 2 N–H and O–H groups in total. The molecule has 0 aliphatic carbocycles. The number of ether oxygens (including phenoxy) is 2. The van der Waals surface area contributed by atoms with E-state index in [2.05, 4.69) is 22.1 Å². The van der Waals surface area contributed by atoms with Gasteiger partial charge in [0, 0.05) is 17.5 Å². The molecule has 0 bridgehead atoms. The number of nitrogens with one attached hydrogen (secondary N) is 2. The smallest absolute Gasteiger partial charge is 0.272 e. The highest BCUT2D eigenvalue weighted by Gasteiger charge is 2.15. The number of aromatic nitrogens is 2. The third kappa shape index (κ3) is 3.39. The molecule has 1 amide bonds. The summed E-state index contributed by atoms with van der Waals surface area (Å²) in [5, 5.41) is 10.7. The van der Waals surface area contributed by atoms with E-state index < -0.39 is 0 Å². The molecule has 3 aromatic rings. The number of allylic oxidation sites excluding steroid dienone is 1. The van der Waals surface area contributed by atoms with Crippen LogP contribution in [-0.4, -0.2) is 30.3 Å². The normalized spacial score (nSPS) is 10.5. The molecule has 0 aliphatic rings. The minimum absolute atomic E-state index is 0.234. The number of carbonyl (C=O) groups is 1. The van der Waals surface area contributed by atoms with Gasteiger partial charge in [0.1, 0.15) is 0 Å². The first-order valence-electron chi connectivity index (χ1n) is 8.24. The molecule has 0 saturated carbocycles. The maximum Gasteiger partial charge on any atom is 0.272 e. The molecular formula is C20H21N3O3. The van der Waals surface area contributed by atoms with E-state index in [1.807, 2.05) is 36.4 Å². The molecule has 6 heteroatoms. The fourth-order valence-corrected chi connectivity index (χ4v) is 2.92.